The Morgan fingerprint density at radius 3 is 2.61 bits per heavy atom. The standard InChI is InChI=1S/C15H19BrN2/c1-12(8-9-14-17-10-11-18(14)2)15(16)13-6-4-3-5-7-13/h3-7,10-12,15H,8-9H2,1-2H3. The minimum Gasteiger partial charge on any atom is -0.338 e. The van der Waals surface area contributed by atoms with Gasteiger partial charge in [0.1, 0.15) is 5.82 Å². The third-order valence-corrected chi connectivity index (χ3v) is 4.79. The number of rotatable bonds is 5. The van der Waals surface area contributed by atoms with Crippen molar-refractivity contribution in [1.29, 1.82) is 0 Å². The number of benzene rings is 1. The van der Waals surface area contributed by atoms with Crippen LogP contribution < -0.4 is 0 Å². The minimum atomic E-state index is 0.416. The van der Waals surface area contributed by atoms with Crippen LogP contribution in [0.15, 0.2) is 42.7 Å². The van der Waals surface area contributed by atoms with E-state index in [1.165, 1.54) is 5.56 Å². The average Bonchev–Trinajstić information content (AvgIpc) is 2.81. The molecule has 3 heteroatoms. The SMILES string of the molecule is CC(CCc1nccn1C)C(Br)c1ccccc1. The largest absolute Gasteiger partial charge is 0.338 e. The van der Waals surface area contributed by atoms with Crippen molar-refractivity contribution >= 4 is 15.9 Å². The summed E-state index contributed by atoms with van der Waals surface area (Å²) in [5, 5.41) is 0. The lowest BCUT2D eigenvalue weighted by molar-refractivity contribution is 0.514. The van der Waals surface area contributed by atoms with Gasteiger partial charge >= 0.3 is 0 Å². The summed E-state index contributed by atoms with van der Waals surface area (Å²) in [5.74, 6) is 1.75. The molecule has 0 bridgehead atoms. The van der Waals surface area contributed by atoms with Crippen molar-refractivity contribution < 1.29 is 0 Å². The number of imidazole rings is 1. The topological polar surface area (TPSA) is 17.8 Å². The zero-order valence-corrected chi connectivity index (χ0v) is 12.5. The fraction of sp³-hybridized carbons (Fsp3) is 0.400. The van der Waals surface area contributed by atoms with Gasteiger partial charge in [-0.3, -0.25) is 0 Å². The van der Waals surface area contributed by atoms with Crippen LogP contribution in [0, 0.1) is 5.92 Å². The first-order valence-electron chi connectivity index (χ1n) is 6.33. The molecule has 1 aromatic heterocycles. The molecular formula is C15H19BrN2. The molecule has 0 aliphatic carbocycles. The molecule has 96 valence electrons. The van der Waals surface area contributed by atoms with Gasteiger partial charge in [0.2, 0.25) is 0 Å². The fourth-order valence-corrected chi connectivity index (χ4v) is 2.68. The van der Waals surface area contributed by atoms with Gasteiger partial charge in [-0.1, -0.05) is 53.2 Å². The van der Waals surface area contributed by atoms with E-state index in [1.807, 2.05) is 12.4 Å². The van der Waals surface area contributed by atoms with Gasteiger partial charge in [-0.15, -0.1) is 0 Å². The maximum absolute atomic E-state index is 4.37. The number of nitrogens with zero attached hydrogens (tertiary/aromatic N) is 2. The summed E-state index contributed by atoms with van der Waals surface area (Å²) in [6.07, 6.45) is 6.03. The molecule has 0 saturated heterocycles. The summed E-state index contributed by atoms with van der Waals surface area (Å²) >= 11 is 3.81. The van der Waals surface area contributed by atoms with E-state index in [2.05, 4.69) is 69.8 Å². The Morgan fingerprint density at radius 1 is 1.28 bits per heavy atom. The van der Waals surface area contributed by atoms with Crippen LogP contribution in [0.3, 0.4) is 0 Å². The van der Waals surface area contributed by atoms with E-state index in [9.17, 15) is 0 Å². The van der Waals surface area contributed by atoms with E-state index in [0.717, 1.165) is 18.7 Å². The van der Waals surface area contributed by atoms with Gasteiger partial charge in [-0.25, -0.2) is 4.98 Å². The number of alkyl halides is 1. The highest BCUT2D eigenvalue weighted by Gasteiger charge is 2.16. The maximum atomic E-state index is 4.37. The summed E-state index contributed by atoms with van der Waals surface area (Å²) in [4.78, 5) is 4.78. The van der Waals surface area contributed by atoms with Crippen LogP contribution in [0.1, 0.15) is 29.6 Å². The Balaban J connectivity index is 1.92. The summed E-state index contributed by atoms with van der Waals surface area (Å²) in [6, 6.07) is 10.6. The molecule has 0 fully saturated rings. The molecule has 2 aromatic rings. The van der Waals surface area contributed by atoms with Gasteiger partial charge in [0, 0.05) is 30.7 Å². The highest BCUT2D eigenvalue weighted by Crippen LogP contribution is 2.33. The van der Waals surface area contributed by atoms with Crippen molar-refractivity contribution in [3.8, 4) is 0 Å². The summed E-state index contributed by atoms with van der Waals surface area (Å²) in [6.45, 7) is 2.29. The molecule has 2 unspecified atom stereocenters. The Hall–Kier alpha value is -1.09. The quantitative estimate of drug-likeness (QED) is 0.760. The Morgan fingerprint density at radius 2 is 2.00 bits per heavy atom. The summed E-state index contributed by atoms with van der Waals surface area (Å²) in [5.41, 5.74) is 1.35. The van der Waals surface area contributed by atoms with Gasteiger partial charge < -0.3 is 4.57 Å². The highest BCUT2D eigenvalue weighted by molar-refractivity contribution is 9.09. The van der Waals surface area contributed by atoms with E-state index in [1.54, 1.807) is 0 Å². The van der Waals surface area contributed by atoms with Gasteiger partial charge in [-0.05, 0) is 17.9 Å². The monoisotopic (exact) mass is 306 g/mol. The van der Waals surface area contributed by atoms with Gasteiger partial charge in [0.05, 0.1) is 0 Å². The Kier molecular flexibility index (Phi) is 4.59. The van der Waals surface area contributed by atoms with Crippen molar-refractivity contribution in [2.24, 2.45) is 13.0 Å². The Bertz CT molecular complexity index is 478. The molecule has 0 aliphatic rings. The van der Waals surface area contributed by atoms with Crippen LogP contribution in [0.2, 0.25) is 0 Å². The molecule has 2 rings (SSSR count). The second-order valence-electron chi connectivity index (χ2n) is 4.78. The maximum Gasteiger partial charge on any atom is 0.108 e. The van der Waals surface area contributed by atoms with E-state index in [0.29, 0.717) is 10.7 Å². The normalized spacial score (nSPS) is 14.4. The lowest BCUT2D eigenvalue weighted by Gasteiger charge is -2.18. The third kappa shape index (κ3) is 3.22. The molecule has 0 N–H and O–H groups in total. The molecule has 0 spiro atoms. The van der Waals surface area contributed by atoms with Gasteiger partial charge in [0.25, 0.3) is 0 Å². The Labute approximate surface area is 117 Å². The second kappa shape index (κ2) is 6.19. The van der Waals surface area contributed by atoms with Crippen molar-refractivity contribution in [3.63, 3.8) is 0 Å². The first kappa shape index (κ1) is 13.3. The van der Waals surface area contributed by atoms with Crippen LogP contribution in [0.5, 0.6) is 0 Å². The lowest BCUT2D eigenvalue weighted by atomic mass is 9.96. The van der Waals surface area contributed by atoms with Crippen LogP contribution in [-0.2, 0) is 13.5 Å². The smallest absolute Gasteiger partial charge is 0.108 e. The van der Waals surface area contributed by atoms with Crippen molar-refractivity contribution in [1.82, 2.24) is 9.55 Å². The molecular weight excluding hydrogens is 288 g/mol. The van der Waals surface area contributed by atoms with Crippen molar-refractivity contribution in [3.05, 3.63) is 54.1 Å². The van der Waals surface area contributed by atoms with E-state index < -0.39 is 0 Å². The molecule has 18 heavy (non-hydrogen) atoms. The first-order chi connectivity index (χ1) is 8.68. The molecule has 0 saturated carbocycles. The molecule has 2 atom stereocenters. The van der Waals surface area contributed by atoms with Gasteiger partial charge in [-0.2, -0.15) is 0 Å². The number of halogens is 1. The summed E-state index contributed by atoms with van der Waals surface area (Å²) in [7, 11) is 2.05. The van der Waals surface area contributed by atoms with Crippen LogP contribution in [0.4, 0.5) is 0 Å². The molecule has 1 aromatic carbocycles. The van der Waals surface area contributed by atoms with E-state index in [4.69, 9.17) is 0 Å². The number of aryl methyl sites for hydroxylation is 2. The number of hydrogen-bond donors (Lipinski definition) is 0. The predicted octanol–water partition coefficient (Wildman–Crippen LogP) is 4.13. The highest BCUT2D eigenvalue weighted by atomic mass is 79.9. The predicted molar refractivity (Wildman–Crippen MR) is 78.8 cm³/mol. The van der Waals surface area contributed by atoms with Crippen molar-refractivity contribution in [2.75, 3.05) is 0 Å². The molecule has 0 radical (unpaired) electrons. The fourth-order valence-electron chi connectivity index (χ4n) is 2.11. The molecule has 1 heterocycles. The average molecular weight is 307 g/mol. The van der Waals surface area contributed by atoms with Crippen LogP contribution in [-0.4, -0.2) is 9.55 Å². The molecule has 2 nitrogen and oxygen atoms in total. The lowest BCUT2D eigenvalue weighted by Crippen LogP contribution is -2.07. The van der Waals surface area contributed by atoms with Crippen LogP contribution in [0.25, 0.3) is 0 Å². The third-order valence-electron chi connectivity index (χ3n) is 3.36. The summed E-state index contributed by atoms with van der Waals surface area (Å²) < 4.78 is 2.10. The van der Waals surface area contributed by atoms with E-state index >= 15 is 0 Å². The number of hydrogen-bond acceptors (Lipinski definition) is 1. The zero-order chi connectivity index (χ0) is 13.0. The second-order valence-corrected chi connectivity index (χ2v) is 5.77. The zero-order valence-electron chi connectivity index (χ0n) is 10.9. The number of aromatic nitrogens is 2. The minimum absolute atomic E-state index is 0.416. The van der Waals surface area contributed by atoms with E-state index in [-0.39, 0.29) is 0 Å². The molecule has 0 amide bonds. The van der Waals surface area contributed by atoms with Crippen molar-refractivity contribution in [2.45, 2.75) is 24.6 Å². The van der Waals surface area contributed by atoms with Crippen LogP contribution >= 0.6 is 15.9 Å². The van der Waals surface area contributed by atoms with Gasteiger partial charge in [0.15, 0.2) is 0 Å². The molecule has 0 aliphatic heterocycles. The first-order valence-corrected chi connectivity index (χ1v) is 7.25.